The molecule has 1 aromatic heterocycles. The van der Waals surface area contributed by atoms with Gasteiger partial charge in [0.1, 0.15) is 0 Å². The lowest BCUT2D eigenvalue weighted by atomic mass is 10.1. The van der Waals surface area contributed by atoms with Crippen LogP contribution in [0.25, 0.3) is 0 Å². The number of carboxylic acids is 1. The fraction of sp³-hybridized carbons (Fsp3) is 0.583. The van der Waals surface area contributed by atoms with Crippen LogP contribution < -0.4 is 5.32 Å². The molecule has 2 heterocycles. The molecule has 0 radical (unpaired) electrons. The summed E-state index contributed by atoms with van der Waals surface area (Å²) in [6, 6.07) is 2.07. The molecule has 0 spiro atoms. The highest BCUT2D eigenvalue weighted by Gasteiger charge is 2.33. The number of aliphatic carboxylic acids is 1. The van der Waals surface area contributed by atoms with E-state index < -0.39 is 12.1 Å². The fourth-order valence-electron chi connectivity index (χ4n) is 2.14. The van der Waals surface area contributed by atoms with Gasteiger partial charge in [0.05, 0.1) is 0 Å². The van der Waals surface area contributed by atoms with Crippen molar-refractivity contribution in [1.82, 2.24) is 5.32 Å². The number of thiophene rings is 1. The molecule has 5 heteroatoms. The first-order valence-electron chi connectivity index (χ1n) is 5.71. The summed E-state index contributed by atoms with van der Waals surface area (Å²) in [5, 5.41) is 12.3. The van der Waals surface area contributed by atoms with Gasteiger partial charge in [-0.3, -0.25) is 0 Å². The molecule has 0 unspecified atom stereocenters. The van der Waals surface area contributed by atoms with Crippen molar-refractivity contribution in [3.05, 3.63) is 21.4 Å². The van der Waals surface area contributed by atoms with Gasteiger partial charge in [0.2, 0.25) is 0 Å². The van der Waals surface area contributed by atoms with Crippen molar-refractivity contribution in [2.45, 2.75) is 39.0 Å². The minimum Gasteiger partial charge on any atom is -0.479 e. The lowest BCUT2D eigenvalue weighted by Crippen LogP contribution is -2.40. The Bertz CT molecular complexity index is 416. The molecule has 2 N–H and O–H groups in total. The first kappa shape index (κ1) is 12.5. The van der Waals surface area contributed by atoms with Gasteiger partial charge in [0, 0.05) is 28.9 Å². The van der Waals surface area contributed by atoms with E-state index in [9.17, 15) is 4.79 Å². The van der Waals surface area contributed by atoms with Crippen LogP contribution in [0.3, 0.4) is 0 Å². The number of ether oxygens (including phenoxy) is 1. The van der Waals surface area contributed by atoms with E-state index in [0.717, 1.165) is 6.42 Å². The van der Waals surface area contributed by atoms with Crippen LogP contribution in [0.1, 0.15) is 21.7 Å². The van der Waals surface area contributed by atoms with Crippen LogP contribution in [0.4, 0.5) is 0 Å². The Labute approximate surface area is 105 Å². The molecule has 0 saturated carbocycles. The fourth-order valence-corrected chi connectivity index (χ4v) is 3.09. The molecule has 0 amide bonds. The molecule has 2 rings (SSSR count). The van der Waals surface area contributed by atoms with Gasteiger partial charge in [-0.25, -0.2) is 4.79 Å². The van der Waals surface area contributed by atoms with Crippen molar-refractivity contribution < 1.29 is 14.6 Å². The zero-order valence-corrected chi connectivity index (χ0v) is 10.8. The highest BCUT2D eigenvalue weighted by Crippen LogP contribution is 2.21. The monoisotopic (exact) mass is 255 g/mol. The number of hydrogen-bond donors (Lipinski definition) is 2. The number of carbonyl (C=O) groups is 1. The number of nitrogens with one attached hydrogen (secondary N) is 1. The van der Waals surface area contributed by atoms with Crippen LogP contribution in [-0.2, 0) is 16.1 Å². The highest BCUT2D eigenvalue weighted by molar-refractivity contribution is 7.12. The van der Waals surface area contributed by atoms with E-state index in [2.05, 4.69) is 25.2 Å². The minimum atomic E-state index is -0.877. The van der Waals surface area contributed by atoms with Crippen molar-refractivity contribution in [3.8, 4) is 0 Å². The Morgan fingerprint density at radius 1 is 1.65 bits per heavy atom. The molecule has 0 aliphatic carbocycles. The van der Waals surface area contributed by atoms with Crippen molar-refractivity contribution >= 4 is 17.3 Å². The van der Waals surface area contributed by atoms with Crippen molar-refractivity contribution in [3.63, 3.8) is 0 Å². The van der Waals surface area contributed by atoms with Crippen molar-refractivity contribution in [2.75, 3.05) is 6.61 Å². The molecule has 4 nitrogen and oxygen atoms in total. The molecule has 1 aliphatic rings. The molecule has 17 heavy (non-hydrogen) atoms. The molecular formula is C12H17NO3S. The number of hydrogen-bond acceptors (Lipinski definition) is 4. The van der Waals surface area contributed by atoms with Crippen LogP contribution in [0, 0.1) is 13.8 Å². The summed E-state index contributed by atoms with van der Waals surface area (Å²) in [5.74, 6) is -0.877. The largest absolute Gasteiger partial charge is 0.479 e. The molecule has 1 aromatic rings. The summed E-state index contributed by atoms with van der Waals surface area (Å²) in [4.78, 5) is 13.5. The maximum atomic E-state index is 10.9. The standard InChI is InChI=1S/C12H17NO3S/c1-7-5-9(8(2)17-7)6-13-10-3-4-16-11(10)12(14)15/h5,10-11,13H,3-4,6H2,1-2H3,(H,14,15)/t10-,11+/m1/s1. The summed E-state index contributed by atoms with van der Waals surface area (Å²) >= 11 is 1.77. The molecule has 0 bridgehead atoms. The Kier molecular flexibility index (Phi) is 3.81. The smallest absolute Gasteiger partial charge is 0.334 e. The predicted molar refractivity (Wildman–Crippen MR) is 66.4 cm³/mol. The molecule has 1 aliphatic heterocycles. The second-order valence-corrected chi connectivity index (χ2v) is 5.80. The minimum absolute atomic E-state index is 0.0768. The first-order chi connectivity index (χ1) is 8.08. The van der Waals surface area contributed by atoms with Gasteiger partial charge in [0.15, 0.2) is 6.10 Å². The maximum absolute atomic E-state index is 10.9. The van der Waals surface area contributed by atoms with Crippen LogP contribution in [0.15, 0.2) is 6.07 Å². The van der Waals surface area contributed by atoms with Gasteiger partial charge >= 0.3 is 5.97 Å². The van der Waals surface area contributed by atoms with E-state index in [0.29, 0.717) is 13.2 Å². The van der Waals surface area contributed by atoms with Gasteiger partial charge in [-0.1, -0.05) is 0 Å². The Morgan fingerprint density at radius 2 is 2.41 bits per heavy atom. The number of aryl methyl sites for hydroxylation is 2. The third-order valence-electron chi connectivity index (χ3n) is 3.03. The molecule has 2 atom stereocenters. The first-order valence-corrected chi connectivity index (χ1v) is 6.53. The number of rotatable bonds is 4. The third-order valence-corrected chi connectivity index (χ3v) is 4.04. The second-order valence-electron chi connectivity index (χ2n) is 4.34. The summed E-state index contributed by atoms with van der Waals surface area (Å²) in [6.45, 7) is 5.42. The summed E-state index contributed by atoms with van der Waals surface area (Å²) < 4.78 is 5.19. The van der Waals surface area contributed by atoms with Crippen LogP contribution in [-0.4, -0.2) is 29.8 Å². The van der Waals surface area contributed by atoms with E-state index in [1.807, 2.05) is 0 Å². The number of carboxylic acid groups (broad SMARTS) is 1. The Morgan fingerprint density at radius 3 is 3.00 bits per heavy atom. The van der Waals surface area contributed by atoms with Crippen LogP contribution >= 0.6 is 11.3 Å². The second kappa shape index (κ2) is 5.16. The normalized spacial score (nSPS) is 24.1. The lowest BCUT2D eigenvalue weighted by molar-refractivity contribution is -0.148. The van der Waals surface area contributed by atoms with Crippen LogP contribution in [0.2, 0.25) is 0 Å². The van der Waals surface area contributed by atoms with E-state index in [4.69, 9.17) is 9.84 Å². The zero-order chi connectivity index (χ0) is 12.4. The summed E-state index contributed by atoms with van der Waals surface area (Å²) in [5.41, 5.74) is 1.25. The molecule has 1 fully saturated rings. The molecule has 0 aromatic carbocycles. The van der Waals surface area contributed by atoms with Crippen molar-refractivity contribution in [2.24, 2.45) is 0 Å². The quantitative estimate of drug-likeness (QED) is 0.859. The van der Waals surface area contributed by atoms with Crippen LogP contribution in [0.5, 0.6) is 0 Å². The average Bonchev–Trinajstić information content (AvgIpc) is 2.82. The van der Waals surface area contributed by atoms with Crippen molar-refractivity contribution in [1.29, 1.82) is 0 Å². The lowest BCUT2D eigenvalue weighted by Gasteiger charge is -2.16. The average molecular weight is 255 g/mol. The van der Waals surface area contributed by atoms with Gasteiger partial charge < -0.3 is 15.2 Å². The summed E-state index contributed by atoms with van der Waals surface area (Å²) in [7, 11) is 0. The summed E-state index contributed by atoms with van der Waals surface area (Å²) in [6.07, 6.45) is 0.0640. The van der Waals surface area contributed by atoms with E-state index in [1.165, 1.54) is 15.3 Å². The highest BCUT2D eigenvalue weighted by atomic mass is 32.1. The predicted octanol–water partition coefficient (Wildman–Crippen LogP) is 1.70. The molecule has 1 saturated heterocycles. The Hall–Kier alpha value is -0.910. The van der Waals surface area contributed by atoms with E-state index in [1.54, 1.807) is 11.3 Å². The van der Waals surface area contributed by atoms with Gasteiger partial charge in [-0.15, -0.1) is 11.3 Å². The third kappa shape index (κ3) is 2.86. The zero-order valence-electron chi connectivity index (χ0n) is 10.0. The van der Waals surface area contributed by atoms with E-state index >= 15 is 0 Å². The molecule has 94 valence electrons. The maximum Gasteiger partial charge on any atom is 0.334 e. The SMILES string of the molecule is Cc1cc(CN[C@@H]2CCO[C@@H]2C(=O)O)c(C)s1. The van der Waals surface area contributed by atoms with E-state index in [-0.39, 0.29) is 6.04 Å². The topological polar surface area (TPSA) is 58.6 Å². The molecular weight excluding hydrogens is 238 g/mol. The Balaban J connectivity index is 1.94. The van der Waals surface area contributed by atoms with Gasteiger partial charge in [-0.2, -0.15) is 0 Å². The van der Waals surface area contributed by atoms with Gasteiger partial charge in [-0.05, 0) is 31.9 Å². The van der Waals surface area contributed by atoms with Gasteiger partial charge in [0.25, 0.3) is 0 Å².